The van der Waals surface area contributed by atoms with Crippen LogP contribution in [0.15, 0.2) is 60.9 Å². The lowest BCUT2D eigenvalue weighted by Crippen LogP contribution is -2.46. The number of aromatic nitrogens is 3. The molecule has 4 aromatic rings. The Bertz CT molecular complexity index is 1640. The van der Waals surface area contributed by atoms with E-state index >= 15 is 0 Å². The van der Waals surface area contributed by atoms with Gasteiger partial charge in [-0.2, -0.15) is 0 Å². The number of nitrogens with one attached hydrogen (secondary N) is 2. The Hall–Kier alpha value is -4.35. The molecule has 12 heteroatoms. The number of methoxy groups -OCH3 is 1. The van der Waals surface area contributed by atoms with Crippen LogP contribution in [0.25, 0.3) is 0 Å². The molecule has 0 spiro atoms. The lowest BCUT2D eigenvalue weighted by atomic mass is 10.1. The van der Waals surface area contributed by atoms with Gasteiger partial charge in [0.1, 0.15) is 22.5 Å². The predicted octanol–water partition coefficient (Wildman–Crippen LogP) is 4.93. The van der Waals surface area contributed by atoms with Crippen LogP contribution in [0.1, 0.15) is 55.1 Å². The normalized spacial score (nSPS) is 16.5. The maximum atomic E-state index is 13.9. The molecule has 1 unspecified atom stereocenters. The van der Waals surface area contributed by atoms with E-state index in [9.17, 15) is 14.4 Å². The molecule has 1 aliphatic carbocycles. The Morgan fingerprint density at radius 3 is 2.73 bits per heavy atom. The highest BCUT2D eigenvalue weighted by atomic mass is 35.5. The molecule has 41 heavy (non-hydrogen) atoms. The first kappa shape index (κ1) is 26.9. The van der Waals surface area contributed by atoms with Gasteiger partial charge in [-0.05, 0) is 48.7 Å². The van der Waals surface area contributed by atoms with Crippen LogP contribution in [0.5, 0.6) is 5.75 Å². The fraction of sp³-hybridized carbons (Fsp3) is 0.241. The summed E-state index contributed by atoms with van der Waals surface area (Å²) in [5.74, 6) is 0.475. The van der Waals surface area contributed by atoms with Gasteiger partial charge in [0.25, 0.3) is 11.8 Å². The van der Waals surface area contributed by atoms with Crippen molar-refractivity contribution in [3.8, 4) is 5.75 Å². The van der Waals surface area contributed by atoms with Crippen molar-refractivity contribution in [3.63, 3.8) is 0 Å². The average Bonchev–Trinajstić information content (AvgIpc) is 3.75. The van der Waals surface area contributed by atoms with Gasteiger partial charge in [-0.15, -0.1) is 11.3 Å². The van der Waals surface area contributed by atoms with Crippen LogP contribution >= 0.6 is 22.9 Å². The molecule has 6 rings (SSSR count). The van der Waals surface area contributed by atoms with E-state index in [1.54, 1.807) is 42.6 Å². The summed E-state index contributed by atoms with van der Waals surface area (Å²) in [6, 6.07) is 12.8. The van der Waals surface area contributed by atoms with E-state index in [2.05, 4.69) is 25.6 Å². The Labute approximate surface area is 244 Å². The molecule has 0 bridgehead atoms. The van der Waals surface area contributed by atoms with Crippen LogP contribution in [-0.2, 0) is 17.8 Å². The summed E-state index contributed by atoms with van der Waals surface area (Å²) in [5.41, 5.74) is 1.58. The molecule has 1 atom stereocenters. The molecule has 208 valence electrons. The summed E-state index contributed by atoms with van der Waals surface area (Å²) in [4.78, 5) is 55.4. The molecule has 2 N–H and O–H groups in total. The molecule has 1 aliphatic heterocycles. The highest BCUT2D eigenvalue weighted by Crippen LogP contribution is 2.44. The van der Waals surface area contributed by atoms with Gasteiger partial charge in [0, 0.05) is 43.0 Å². The number of anilines is 2. The van der Waals surface area contributed by atoms with Crippen molar-refractivity contribution in [2.24, 2.45) is 0 Å². The monoisotopic (exact) mass is 588 g/mol. The van der Waals surface area contributed by atoms with Crippen molar-refractivity contribution < 1.29 is 19.1 Å². The van der Waals surface area contributed by atoms with E-state index in [1.165, 1.54) is 29.5 Å². The Kier molecular flexibility index (Phi) is 7.38. The van der Waals surface area contributed by atoms with Gasteiger partial charge in [0.15, 0.2) is 5.82 Å². The molecule has 1 aromatic carbocycles. The molecule has 4 heterocycles. The maximum Gasteiger partial charge on any atom is 0.268 e. The first-order chi connectivity index (χ1) is 19.9. The minimum Gasteiger partial charge on any atom is -0.497 e. The van der Waals surface area contributed by atoms with Gasteiger partial charge < -0.3 is 20.3 Å². The van der Waals surface area contributed by atoms with Crippen molar-refractivity contribution in [2.75, 3.05) is 17.7 Å². The third-order valence-corrected chi connectivity index (χ3v) is 8.43. The van der Waals surface area contributed by atoms with Crippen LogP contribution in [0.3, 0.4) is 0 Å². The minimum absolute atomic E-state index is 0.0961. The first-order valence-corrected chi connectivity index (χ1v) is 14.2. The number of nitrogens with zero attached hydrogens (tertiary/aromatic N) is 4. The topological polar surface area (TPSA) is 126 Å². The van der Waals surface area contributed by atoms with Gasteiger partial charge >= 0.3 is 0 Å². The quantitative estimate of drug-likeness (QED) is 0.299. The van der Waals surface area contributed by atoms with Crippen molar-refractivity contribution in [3.05, 3.63) is 92.7 Å². The third-order valence-electron chi connectivity index (χ3n) is 6.91. The van der Waals surface area contributed by atoms with E-state index in [4.69, 9.17) is 16.3 Å². The van der Waals surface area contributed by atoms with Gasteiger partial charge in [0.05, 0.1) is 22.7 Å². The van der Waals surface area contributed by atoms with Gasteiger partial charge in [-0.3, -0.25) is 19.4 Å². The Morgan fingerprint density at radius 1 is 1.15 bits per heavy atom. The van der Waals surface area contributed by atoms with E-state index in [0.717, 1.165) is 17.8 Å². The SMILES string of the molecule is COc1ccnc(NC(=O)c2ccc(CN3C(=O)c4sc(C5CC5)nc4NC(=O)C3Cc3ccccn3)cc2Cl)c1. The van der Waals surface area contributed by atoms with Crippen LogP contribution in [0, 0.1) is 0 Å². The summed E-state index contributed by atoms with van der Waals surface area (Å²) in [5, 5.41) is 6.67. The lowest BCUT2D eigenvalue weighted by molar-refractivity contribution is -0.120. The summed E-state index contributed by atoms with van der Waals surface area (Å²) < 4.78 is 5.18. The zero-order valence-electron chi connectivity index (χ0n) is 22.0. The van der Waals surface area contributed by atoms with Crippen LogP contribution < -0.4 is 15.4 Å². The number of amides is 3. The zero-order valence-corrected chi connectivity index (χ0v) is 23.5. The van der Waals surface area contributed by atoms with E-state index < -0.39 is 11.9 Å². The van der Waals surface area contributed by atoms with Gasteiger partial charge in [-0.25, -0.2) is 9.97 Å². The Morgan fingerprint density at radius 2 is 2.00 bits per heavy atom. The molecule has 1 fully saturated rings. The number of benzene rings is 1. The van der Waals surface area contributed by atoms with Crippen LogP contribution in [0.4, 0.5) is 11.6 Å². The number of carbonyl (C=O) groups excluding carboxylic acids is 3. The highest BCUT2D eigenvalue weighted by Gasteiger charge is 2.39. The smallest absolute Gasteiger partial charge is 0.268 e. The number of hydrogen-bond acceptors (Lipinski definition) is 8. The number of hydrogen-bond donors (Lipinski definition) is 2. The number of rotatable bonds is 8. The fourth-order valence-electron chi connectivity index (χ4n) is 4.61. The second kappa shape index (κ2) is 11.3. The van der Waals surface area contributed by atoms with E-state index in [-0.39, 0.29) is 35.4 Å². The molecule has 10 nitrogen and oxygen atoms in total. The van der Waals surface area contributed by atoms with Gasteiger partial charge in [-0.1, -0.05) is 23.7 Å². The summed E-state index contributed by atoms with van der Waals surface area (Å²) >= 11 is 7.89. The number of ether oxygens (including phenoxy) is 1. The molecule has 1 saturated carbocycles. The number of fused-ring (bicyclic) bond motifs is 1. The molecule has 3 amide bonds. The molecular weight excluding hydrogens is 564 g/mol. The van der Waals surface area contributed by atoms with Crippen molar-refractivity contribution in [1.82, 2.24) is 19.9 Å². The predicted molar refractivity (Wildman–Crippen MR) is 155 cm³/mol. The van der Waals surface area contributed by atoms with Crippen LogP contribution in [0.2, 0.25) is 5.02 Å². The van der Waals surface area contributed by atoms with E-state index in [1.807, 2.05) is 12.1 Å². The summed E-state index contributed by atoms with van der Waals surface area (Å²) in [6.45, 7) is 0.0961. The number of carbonyl (C=O) groups is 3. The first-order valence-electron chi connectivity index (χ1n) is 13.0. The maximum absolute atomic E-state index is 13.9. The average molecular weight is 589 g/mol. The second-order valence-electron chi connectivity index (χ2n) is 9.82. The minimum atomic E-state index is -0.830. The lowest BCUT2D eigenvalue weighted by Gasteiger charge is -2.28. The number of pyridine rings is 2. The van der Waals surface area contributed by atoms with Crippen LogP contribution in [-0.4, -0.2) is 50.7 Å². The van der Waals surface area contributed by atoms with Crippen molar-refractivity contribution >= 4 is 52.3 Å². The van der Waals surface area contributed by atoms with E-state index in [0.29, 0.717) is 39.4 Å². The largest absolute Gasteiger partial charge is 0.497 e. The number of halogens is 1. The molecule has 3 aromatic heterocycles. The highest BCUT2D eigenvalue weighted by molar-refractivity contribution is 7.14. The molecule has 0 saturated heterocycles. The molecular formula is C29H25ClN6O4S. The summed E-state index contributed by atoms with van der Waals surface area (Å²) in [7, 11) is 1.53. The van der Waals surface area contributed by atoms with Crippen molar-refractivity contribution in [1.29, 1.82) is 0 Å². The molecule has 0 radical (unpaired) electrons. The standard InChI is InChI=1S/C29H25ClN6O4S/c1-40-19-9-11-32-23(14-19)33-26(37)20-8-5-16(12-21(20)30)15-36-22(13-18-4-2-3-10-31-18)27(38)34-25-24(29(36)39)41-28(35-25)17-6-7-17/h2-5,8-12,14,17,22H,6-7,13,15H2,1H3,(H,34,38)(H,32,33,37). The van der Waals surface area contributed by atoms with Gasteiger partial charge in [0.2, 0.25) is 5.91 Å². The third kappa shape index (κ3) is 5.77. The molecule has 2 aliphatic rings. The summed E-state index contributed by atoms with van der Waals surface area (Å²) in [6.07, 6.45) is 5.47. The van der Waals surface area contributed by atoms with Crippen molar-refractivity contribution in [2.45, 2.75) is 37.8 Å². The number of thiazole rings is 1. The second-order valence-corrected chi connectivity index (χ2v) is 11.3. The zero-order chi connectivity index (χ0) is 28.5. The fourth-order valence-corrected chi connectivity index (χ4v) is 6.05. The Balaban J connectivity index is 1.28.